The highest BCUT2D eigenvalue weighted by molar-refractivity contribution is 5.86. The second-order valence-electron chi connectivity index (χ2n) is 6.36. The Hall–Kier alpha value is -2.53. The van der Waals surface area contributed by atoms with E-state index in [4.69, 9.17) is 14.6 Å². The summed E-state index contributed by atoms with van der Waals surface area (Å²) in [7, 11) is 0. The van der Waals surface area contributed by atoms with Gasteiger partial charge in [-0.25, -0.2) is 9.59 Å². The summed E-state index contributed by atoms with van der Waals surface area (Å²) < 4.78 is 10.2. The third kappa shape index (κ3) is 14.2. The molecule has 11 heteroatoms. The van der Waals surface area contributed by atoms with E-state index < -0.39 is 35.8 Å². The molecule has 29 heavy (non-hydrogen) atoms. The van der Waals surface area contributed by atoms with Gasteiger partial charge >= 0.3 is 11.9 Å². The summed E-state index contributed by atoms with van der Waals surface area (Å²) in [5, 5.41) is 22.7. The predicted molar refractivity (Wildman–Crippen MR) is 100 cm³/mol. The van der Waals surface area contributed by atoms with Crippen LogP contribution in [0.2, 0.25) is 0 Å². The topological polar surface area (TPSA) is 168 Å². The van der Waals surface area contributed by atoms with E-state index >= 15 is 0 Å². The van der Waals surface area contributed by atoms with Crippen LogP contribution in [0.1, 0.15) is 46.0 Å². The maximum Gasteiger partial charge on any atom is 0.326 e. The van der Waals surface area contributed by atoms with Gasteiger partial charge in [0.05, 0.1) is 13.2 Å². The van der Waals surface area contributed by atoms with Crippen LogP contribution in [-0.4, -0.2) is 78.3 Å². The quantitative estimate of drug-likeness (QED) is 0.232. The molecule has 0 rings (SSSR count). The summed E-state index contributed by atoms with van der Waals surface area (Å²) in [4.78, 5) is 57.0. The summed E-state index contributed by atoms with van der Waals surface area (Å²) >= 11 is 0. The first-order valence-electron chi connectivity index (χ1n) is 9.36. The summed E-state index contributed by atoms with van der Waals surface area (Å²) in [6.45, 7) is 3.99. The fourth-order valence-corrected chi connectivity index (χ4v) is 2.17. The highest BCUT2D eigenvalue weighted by Gasteiger charge is 2.24. The van der Waals surface area contributed by atoms with Gasteiger partial charge in [0.2, 0.25) is 11.8 Å². The lowest BCUT2D eigenvalue weighted by molar-refractivity contribution is -0.144. The lowest BCUT2D eigenvalue weighted by Gasteiger charge is -2.16. The number of carbonyl (C=O) groups is 5. The number of rotatable bonds is 17. The van der Waals surface area contributed by atoms with E-state index in [-0.39, 0.29) is 44.7 Å². The number of ketones is 1. The minimum absolute atomic E-state index is 0.00542. The molecule has 4 N–H and O–H groups in total. The molecular formula is C18H30N2O9. The number of amides is 2. The minimum atomic E-state index is -1.33. The van der Waals surface area contributed by atoms with Crippen LogP contribution in [0, 0.1) is 0 Å². The number of carboxylic acid groups (broad SMARTS) is 2. The molecule has 11 nitrogen and oxygen atoms in total. The molecule has 0 aromatic heterocycles. The largest absolute Gasteiger partial charge is 0.480 e. The molecule has 2 atom stereocenters. The van der Waals surface area contributed by atoms with E-state index in [9.17, 15) is 29.1 Å². The van der Waals surface area contributed by atoms with Crippen LogP contribution in [0.4, 0.5) is 0 Å². The molecule has 0 heterocycles. The summed E-state index contributed by atoms with van der Waals surface area (Å²) in [6, 6.07) is -2.57. The molecule has 0 fully saturated rings. The van der Waals surface area contributed by atoms with Gasteiger partial charge < -0.3 is 35.1 Å². The molecule has 0 saturated carbocycles. The number of hydrogen-bond donors (Lipinski definition) is 4. The number of nitrogens with one attached hydrogen (secondary N) is 2. The van der Waals surface area contributed by atoms with Crippen molar-refractivity contribution in [2.45, 2.75) is 58.0 Å². The molecule has 0 aliphatic heterocycles. The van der Waals surface area contributed by atoms with Gasteiger partial charge in [-0.1, -0.05) is 6.92 Å². The predicted octanol–water partition coefficient (Wildman–Crippen LogP) is -0.282. The van der Waals surface area contributed by atoms with Crippen molar-refractivity contribution in [2.24, 2.45) is 0 Å². The van der Waals surface area contributed by atoms with Crippen LogP contribution < -0.4 is 10.6 Å². The fourth-order valence-electron chi connectivity index (χ4n) is 2.17. The van der Waals surface area contributed by atoms with E-state index in [0.29, 0.717) is 13.2 Å². The van der Waals surface area contributed by atoms with Crippen molar-refractivity contribution >= 4 is 29.5 Å². The highest BCUT2D eigenvalue weighted by Crippen LogP contribution is 2.03. The molecule has 0 unspecified atom stereocenters. The molecule has 0 spiro atoms. The van der Waals surface area contributed by atoms with Crippen LogP contribution >= 0.6 is 0 Å². The van der Waals surface area contributed by atoms with E-state index in [1.165, 1.54) is 6.92 Å². The van der Waals surface area contributed by atoms with Gasteiger partial charge in [0.15, 0.2) is 0 Å². The fraction of sp³-hybridized carbons (Fsp3) is 0.722. The first-order chi connectivity index (χ1) is 13.7. The standard InChI is InChI=1S/C18H30N2O9/c1-3-8-28-9-10-29-11-16(23)20-14(18(26)27)6-7-15(22)19-13(17(24)25)5-4-12(2)21/h13-14H,3-11H2,1-2H3,(H,19,22)(H,20,23)(H,24,25)(H,26,27)/t13-,14-/m0/s1. The Kier molecular flexibility index (Phi) is 14.1. The molecule has 0 radical (unpaired) electrons. The van der Waals surface area contributed by atoms with Crippen LogP contribution in [0.25, 0.3) is 0 Å². The number of ether oxygens (including phenoxy) is 2. The van der Waals surface area contributed by atoms with Gasteiger partial charge in [-0.15, -0.1) is 0 Å². The number of carbonyl (C=O) groups excluding carboxylic acids is 3. The molecule has 0 aromatic carbocycles. The summed E-state index contributed by atoms with van der Waals surface area (Å²) in [5.41, 5.74) is 0. The van der Waals surface area contributed by atoms with Gasteiger partial charge in [-0.2, -0.15) is 0 Å². The SMILES string of the molecule is CCCOCCOCC(=O)N[C@@H](CCC(=O)N[C@@H](CCC(C)=O)C(=O)O)C(=O)O. The zero-order valence-electron chi connectivity index (χ0n) is 16.8. The second-order valence-corrected chi connectivity index (χ2v) is 6.36. The van der Waals surface area contributed by atoms with Gasteiger partial charge in [-0.05, 0) is 26.2 Å². The summed E-state index contributed by atoms with van der Waals surface area (Å²) in [6.07, 6.45) is 0.250. The third-order valence-electron chi connectivity index (χ3n) is 3.67. The van der Waals surface area contributed by atoms with Crippen LogP contribution in [-0.2, 0) is 33.4 Å². The monoisotopic (exact) mass is 418 g/mol. The van der Waals surface area contributed by atoms with Crippen molar-refractivity contribution in [3.63, 3.8) is 0 Å². The van der Waals surface area contributed by atoms with E-state index in [1.807, 2.05) is 6.92 Å². The molecule has 0 aliphatic carbocycles. The van der Waals surface area contributed by atoms with E-state index in [1.54, 1.807) is 0 Å². The molecular weight excluding hydrogens is 388 g/mol. The number of aliphatic carboxylic acids is 2. The first kappa shape index (κ1) is 26.5. The third-order valence-corrected chi connectivity index (χ3v) is 3.67. The lowest BCUT2D eigenvalue weighted by Crippen LogP contribution is -2.45. The maximum absolute atomic E-state index is 11.9. The smallest absolute Gasteiger partial charge is 0.326 e. The Morgan fingerprint density at radius 2 is 1.31 bits per heavy atom. The number of carboxylic acids is 2. The average Bonchev–Trinajstić information content (AvgIpc) is 2.64. The van der Waals surface area contributed by atoms with Gasteiger partial charge in [0, 0.05) is 19.4 Å². The molecule has 2 amide bonds. The number of Topliss-reactive ketones (excluding diaryl/α,β-unsaturated/α-hetero) is 1. The average molecular weight is 418 g/mol. The van der Waals surface area contributed by atoms with E-state index in [2.05, 4.69) is 10.6 Å². The summed E-state index contributed by atoms with van der Waals surface area (Å²) in [5.74, 6) is -4.17. The van der Waals surface area contributed by atoms with Gasteiger partial charge in [0.25, 0.3) is 0 Å². The van der Waals surface area contributed by atoms with Crippen molar-refractivity contribution in [1.29, 1.82) is 0 Å². The van der Waals surface area contributed by atoms with Crippen molar-refractivity contribution < 1.29 is 43.7 Å². The lowest BCUT2D eigenvalue weighted by atomic mass is 10.1. The van der Waals surface area contributed by atoms with Crippen LogP contribution in [0.15, 0.2) is 0 Å². The van der Waals surface area contributed by atoms with Gasteiger partial charge in [-0.3, -0.25) is 9.59 Å². The Morgan fingerprint density at radius 3 is 1.83 bits per heavy atom. The minimum Gasteiger partial charge on any atom is -0.480 e. The molecule has 166 valence electrons. The van der Waals surface area contributed by atoms with Crippen molar-refractivity contribution in [3.05, 3.63) is 0 Å². The molecule has 0 saturated heterocycles. The maximum atomic E-state index is 11.9. The molecule has 0 aliphatic rings. The zero-order chi connectivity index (χ0) is 22.2. The highest BCUT2D eigenvalue weighted by atomic mass is 16.5. The second kappa shape index (κ2) is 15.4. The van der Waals surface area contributed by atoms with Crippen molar-refractivity contribution in [1.82, 2.24) is 10.6 Å². The Morgan fingerprint density at radius 1 is 0.793 bits per heavy atom. The Bertz CT molecular complexity index is 566. The number of hydrogen-bond acceptors (Lipinski definition) is 7. The van der Waals surface area contributed by atoms with E-state index in [0.717, 1.165) is 6.42 Å². The Balaban J connectivity index is 4.35. The Labute approximate surface area is 169 Å². The van der Waals surface area contributed by atoms with Crippen LogP contribution in [0.5, 0.6) is 0 Å². The zero-order valence-corrected chi connectivity index (χ0v) is 16.8. The van der Waals surface area contributed by atoms with Crippen molar-refractivity contribution in [3.8, 4) is 0 Å². The first-order valence-corrected chi connectivity index (χ1v) is 9.36. The molecule has 0 bridgehead atoms. The molecule has 0 aromatic rings. The van der Waals surface area contributed by atoms with Crippen LogP contribution in [0.3, 0.4) is 0 Å². The van der Waals surface area contributed by atoms with Crippen molar-refractivity contribution in [2.75, 3.05) is 26.4 Å². The van der Waals surface area contributed by atoms with Gasteiger partial charge in [0.1, 0.15) is 24.5 Å². The normalized spacial score (nSPS) is 12.6.